The van der Waals surface area contributed by atoms with E-state index in [1.54, 1.807) is 0 Å². The zero-order valence-corrected chi connectivity index (χ0v) is 36.3. The number of ether oxygens (including phenoxy) is 3. The first kappa shape index (κ1) is 53.1. The summed E-state index contributed by atoms with van der Waals surface area (Å²) in [6.07, 6.45) is 59.3. The lowest BCUT2D eigenvalue weighted by Gasteiger charge is -2.18. The Morgan fingerprint density at radius 2 is 0.702 bits per heavy atom. The quantitative estimate of drug-likeness (QED) is 0.0268. The third-order valence-electron chi connectivity index (χ3n) is 8.98. The van der Waals surface area contributed by atoms with Gasteiger partial charge < -0.3 is 14.2 Å². The summed E-state index contributed by atoms with van der Waals surface area (Å²) in [4.78, 5) is 37.6. The molecule has 0 aromatic rings. The highest BCUT2D eigenvalue weighted by Gasteiger charge is 2.19. The summed E-state index contributed by atoms with van der Waals surface area (Å²) in [5.74, 6) is -0.996. The molecule has 0 aromatic heterocycles. The summed E-state index contributed by atoms with van der Waals surface area (Å²) in [6, 6.07) is 0. The van der Waals surface area contributed by atoms with Crippen LogP contribution in [0, 0.1) is 0 Å². The Hall–Kier alpha value is -3.93. The highest BCUT2D eigenvalue weighted by atomic mass is 16.6. The largest absolute Gasteiger partial charge is 0.462 e. The standard InChI is InChI=1S/C51H80O6/c1-4-7-10-13-16-19-21-22-23-24-25-26-27-28-30-32-35-38-41-44-50(53)56-47-48(46-55-49(52)43-40-37-34-31-18-15-12-9-6-3)57-51(54)45-42-39-36-33-29-20-17-14-11-8-5-2/h7,10,13-14,16-17,19-30,48H,4-6,8-9,11-12,15,18,31-47H2,1-3H3/b10-7-,16-13-,17-14-,21-19-,23-22-,25-24+,27-26-,29-20-,30-28-. The van der Waals surface area contributed by atoms with E-state index < -0.39 is 6.10 Å². The van der Waals surface area contributed by atoms with Crippen molar-refractivity contribution in [3.63, 3.8) is 0 Å². The molecule has 6 nitrogen and oxygen atoms in total. The van der Waals surface area contributed by atoms with Gasteiger partial charge in [-0.05, 0) is 57.8 Å². The fourth-order valence-electron chi connectivity index (χ4n) is 5.58. The summed E-state index contributed by atoms with van der Waals surface area (Å²) in [7, 11) is 0. The molecule has 0 aromatic carbocycles. The first-order valence-electron chi connectivity index (χ1n) is 22.5. The van der Waals surface area contributed by atoms with E-state index in [0.717, 1.165) is 83.5 Å². The lowest BCUT2D eigenvalue weighted by Crippen LogP contribution is -2.30. The number of carbonyl (C=O) groups is 3. The topological polar surface area (TPSA) is 78.9 Å². The molecule has 0 aliphatic rings. The number of hydrogen-bond acceptors (Lipinski definition) is 6. The summed E-state index contributed by atoms with van der Waals surface area (Å²) < 4.78 is 16.6. The molecule has 0 aliphatic carbocycles. The SMILES string of the molecule is CC\C=C/C=C\C=C/C=C\C=C\C=C/C=C\CCCCCC(=O)OCC(COC(=O)CCCCCCCCCCC)OC(=O)CCCCC/C=C\C=C/CCCC. The molecular formula is C51H80O6. The minimum absolute atomic E-state index is 0.105. The van der Waals surface area contributed by atoms with Gasteiger partial charge in [-0.15, -0.1) is 0 Å². The van der Waals surface area contributed by atoms with Gasteiger partial charge in [-0.1, -0.05) is 207 Å². The number of esters is 3. The number of unbranched alkanes of at least 4 members (excludes halogenated alkanes) is 16. The molecule has 0 bridgehead atoms. The molecule has 0 radical (unpaired) electrons. The molecule has 0 aliphatic heterocycles. The predicted molar refractivity (Wildman–Crippen MR) is 242 cm³/mol. The zero-order valence-electron chi connectivity index (χ0n) is 36.3. The van der Waals surface area contributed by atoms with Crippen LogP contribution < -0.4 is 0 Å². The van der Waals surface area contributed by atoms with E-state index in [1.165, 1.54) is 51.4 Å². The van der Waals surface area contributed by atoms with Crippen LogP contribution in [0.25, 0.3) is 0 Å². The summed E-state index contributed by atoms with van der Waals surface area (Å²) >= 11 is 0. The summed E-state index contributed by atoms with van der Waals surface area (Å²) in [5, 5.41) is 0. The second-order valence-electron chi connectivity index (χ2n) is 14.4. The van der Waals surface area contributed by atoms with Crippen LogP contribution in [-0.4, -0.2) is 37.2 Å². The van der Waals surface area contributed by atoms with Gasteiger partial charge in [0.1, 0.15) is 13.2 Å². The Morgan fingerprint density at radius 1 is 0.368 bits per heavy atom. The molecular weight excluding hydrogens is 709 g/mol. The van der Waals surface area contributed by atoms with Gasteiger partial charge in [0.2, 0.25) is 0 Å². The molecule has 0 N–H and O–H groups in total. The van der Waals surface area contributed by atoms with Gasteiger partial charge in [-0.2, -0.15) is 0 Å². The maximum absolute atomic E-state index is 12.7. The van der Waals surface area contributed by atoms with Crippen LogP contribution in [0.1, 0.15) is 175 Å². The van der Waals surface area contributed by atoms with Gasteiger partial charge in [0, 0.05) is 19.3 Å². The van der Waals surface area contributed by atoms with Crippen LogP contribution in [0.15, 0.2) is 109 Å². The fourth-order valence-corrected chi connectivity index (χ4v) is 5.58. The van der Waals surface area contributed by atoms with E-state index in [0.29, 0.717) is 12.8 Å². The van der Waals surface area contributed by atoms with Gasteiger partial charge in [0.05, 0.1) is 0 Å². The smallest absolute Gasteiger partial charge is 0.306 e. The molecule has 1 unspecified atom stereocenters. The molecule has 320 valence electrons. The molecule has 57 heavy (non-hydrogen) atoms. The van der Waals surface area contributed by atoms with E-state index in [4.69, 9.17) is 14.2 Å². The third kappa shape index (κ3) is 43.0. The Balaban J connectivity index is 4.51. The average Bonchev–Trinajstić information content (AvgIpc) is 3.21. The summed E-state index contributed by atoms with van der Waals surface area (Å²) in [6.45, 7) is 6.32. The highest BCUT2D eigenvalue weighted by molar-refractivity contribution is 5.71. The van der Waals surface area contributed by atoms with E-state index in [-0.39, 0.29) is 37.5 Å². The van der Waals surface area contributed by atoms with E-state index in [9.17, 15) is 14.4 Å². The van der Waals surface area contributed by atoms with E-state index >= 15 is 0 Å². The second kappa shape index (κ2) is 44.8. The van der Waals surface area contributed by atoms with E-state index in [2.05, 4.69) is 57.2 Å². The molecule has 0 fully saturated rings. The molecule has 0 spiro atoms. The van der Waals surface area contributed by atoms with Crippen molar-refractivity contribution in [2.75, 3.05) is 13.2 Å². The molecule has 0 heterocycles. The zero-order chi connectivity index (χ0) is 41.5. The molecule has 0 amide bonds. The fraction of sp³-hybridized carbons (Fsp3) is 0.588. The minimum atomic E-state index is -0.808. The third-order valence-corrected chi connectivity index (χ3v) is 8.98. The normalized spacial score (nSPS) is 13.1. The van der Waals surface area contributed by atoms with Gasteiger partial charge in [0.15, 0.2) is 6.10 Å². The van der Waals surface area contributed by atoms with Gasteiger partial charge in [-0.3, -0.25) is 14.4 Å². The maximum atomic E-state index is 12.7. The monoisotopic (exact) mass is 789 g/mol. The van der Waals surface area contributed by atoms with Gasteiger partial charge in [0.25, 0.3) is 0 Å². The molecule has 1 atom stereocenters. The van der Waals surface area contributed by atoms with Crippen LogP contribution in [0.5, 0.6) is 0 Å². The number of hydrogen-bond donors (Lipinski definition) is 0. The molecule has 0 rings (SSSR count). The van der Waals surface area contributed by atoms with Crippen molar-refractivity contribution in [2.45, 2.75) is 181 Å². The minimum Gasteiger partial charge on any atom is -0.462 e. The lowest BCUT2D eigenvalue weighted by atomic mass is 10.1. The molecule has 6 heteroatoms. The van der Waals surface area contributed by atoms with Crippen molar-refractivity contribution in [3.8, 4) is 0 Å². The first-order chi connectivity index (χ1) is 28.0. The number of carbonyl (C=O) groups excluding carboxylic acids is 3. The van der Waals surface area contributed by atoms with Crippen molar-refractivity contribution >= 4 is 17.9 Å². The van der Waals surface area contributed by atoms with E-state index in [1.807, 2.05) is 72.9 Å². The molecule has 0 saturated carbocycles. The Morgan fingerprint density at radius 3 is 1.14 bits per heavy atom. The Kier molecular flexibility index (Phi) is 41.7. The Bertz CT molecular complexity index is 1230. The Labute approximate surface area is 349 Å². The lowest BCUT2D eigenvalue weighted by molar-refractivity contribution is -0.167. The van der Waals surface area contributed by atoms with Crippen molar-refractivity contribution in [2.24, 2.45) is 0 Å². The van der Waals surface area contributed by atoms with Crippen LogP contribution in [-0.2, 0) is 28.6 Å². The van der Waals surface area contributed by atoms with Crippen molar-refractivity contribution in [1.82, 2.24) is 0 Å². The predicted octanol–water partition coefficient (Wildman–Crippen LogP) is 14.4. The average molecular weight is 789 g/mol. The van der Waals surface area contributed by atoms with Crippen molar-refractivity contribution < 1.29 is 28.6 Å². The maximum Gasteiger partial charge on any atom is 0.306 e. The summed E-state index contributed by atoms with van der Waals surface area (Å²) in [5.41, 5.74) is 0. The van der Waals surface area contributed by atoms with Crippen LogP contribution in [0.2, 0.25) is 0 Å². The van der Waals surface area contributed by atoms with Crippen LogP contribution >= 0.6 is 0 Å². The first-order valence-corrected chi connectivity index (χ1v) is 22.5. The number of allylic oxidation sites excluding steroid dienone is 18. The van der Waals surface area contributed by atoms with Crippen LogP contribution in [0.3, 0.4) is 0 Å². The van der Waals surface area contributed by atoms with Crippen LogP contribution in [0.4, 0.5) is 0 Å². The highest BCUT2D eigenvalue weighted by Crippen LogP contribution is 2.12. The van der Waals surface area contributed by atoms with Crippen molar-refractivity contribution in [1.29, 1.82) is 0 Å². The van der Waals surface area contributed by atoms with Gasteiger partial charge >= 0.3 is 17.9 Å². The number of rotatable bonds is 38. The van der Waals surface area contributed by atoms with Crippen molar-refractivity contribution in [3.05, 3.63) is 109 Å². The molecule has 0 saturated heterocycles. The second-order valence-corrected chi connectivity index (χ2v) is 14.4. The van der Waals surface area contributed by atoms with Gasteiger partial charge in [-0.25, -0.2) is 0 Å².